The summed E-state index contributed by atoms with van der Waals surface area (Å²) in [5, 5.41) is 17.0. The number of aliphatic hydroxyl groups is 1. The van der Waals surface area contributed by atoms with Crippen LogP contribution in [0.2, 0.25) is 0 Å². The summed E-state index contributed by atoms with van der Waals surface area (Å²) in [6.45, 7) is 11.6. The van der Waals surface area contributed by atoms with Gasteiger partial charge in [0.1, 0.15) is 0 Å². The van der Waals surface area contributed by atoms with Gasteiger partial charge in [0.25, 0.3) is 5.91 Å². The smallest absolute Gasteiger partial charge is 0.254 e. The van der Waals surface area contributed by atoms with Gasteiger partial charge in [0.2, 0.25) is 0 Å². The quantitative estimate of drug-likeness (QED) is 0.773. The van der Waals surface area contributed by atoms with Crippen LogP contribution in [0.25, 0.3) is 0 Å². The number of nitrogens with one attached hydrogen (secondary N) is 1. The van der Waals surface area contributed by atoms with Crippen molar-refractivity contribution in [2.75, 3.05) is 6.54 Å². The van der Waals surface area contributed by atoms with E-state index < -0.39 is 0 Å². The molecule has 0 aliphatic heterocycles. The van der Waals surface area contributed by atoms with Gasteiger partial charge >= 0.3 is 0 Å². The third-order valence-corrected chi connectivity index (χ3v) is 4.20. The summed E-state index contributed by atoms with van der Waals surface area (Å²) in [7, 11) is 0. The summed E-state index contributed by atoms with van der Waals surface area (Å²) >= 11 is 0. The lowest BCUT2D eigenvalue weighted by molar-refractivity contribution is 0.0901. The van der Waals surface area contributed by atoms with Crippen molar-refractivity contribution in [3.05, 3.63) is 17.5 Å². The van der Waals surface area contributed by atoms with Gasteiger partial charge in [-0.05, 0) is 37.5 Å². The molecule has 1 aliphatic rings. The van der Waals surface area contributed by atoms with Gasteiger partial charge in [-0.2, -0.15) is 5.10 Å². The van der Waals surface area contributed by atoms with Gasteiger partial charge in [-0.1, -0.05) is 27.7 Å². The van der Waals surface area contributed by atoms with Crippen molar-refractivity contribution in [3.63, 3.8) is 0 Å². The van der Waals surface area contributed by atoms with E-state index in [9.17, 15) is 9.90 Å². The maximum atomic E-state index is 12.6. The molecule has 0 radical (unpaired) electrons. The molecular weight excluding hydrogens is 290 g/mol. The molecule has 0 spiro atoms. The number of nitrogens with zero attached hydrogens (tertiary/aromatic N) is 2. The minimum atomic E-state index is -0.363. The molecule has 1 fully saturated rings. The molecule has 23 heavy (non-hydrogen) atoms. The predicted octanol–water partition coefficient (Wildman–Crippen LogP) is 2.94. The lowest BCUT2D eigenvalue weighted by Gasteiger charge is -2.26. The van der Waals surface area contributed by atoms with Crippen molar-refractivity contribution in [2.45, 2.75) is 72.4 Å². The number of rotatable bonds is 8. The first-order valence-corrected chi connectivity index (χ1v) is 8.71. The molecule has 1 aromatic heterocycles. The molecule has 130 valence electrons. The average Bonchev–Trinajstić information content (AvgIpc) is 3.16. The second kappa shape index (κ2) is 7.04. The van der Waals surface area contributed by atoms with Crippen molar-refractivity contribution in [3.8, 4) is 0 Å². The zero-order chi connectivity index (χ0) is 17.2. The zero-order valence-corrected chi connectivity index (χ0v) is 15.1. The maximum absolute atomic E-state index is 12.6. The number of aromatic nitrogens is 2. The predicted molar refractivity (Wildman–Crippen MR) is 91.5 cm³/mol. The number of amides is 1. The van der Waals surface area contributed by atoms with Crippen molar-refractivity contribution in [1.29, 1.82) is 0 Å². The van der Waals surface area contributed by atoms with Crippen LogP contribution < -0.4 is 5.32 Å². The van der Waals surface area contributed by atoms with Crippen LogP contribution in [0.5, 0.6) is 0 Å². The molecule has 1 aromatic rings. The normalized spacial score (nSPS) is 16.7. The Kier molecular flexibility index (Phi) is 5.50. The number of hydrogen-bond acceptors (Lipinski definition) is 3. The Bertz CT molecular complexity index is 542. The van der Waals surface area contributed by atoms with Crippen LogP contribution >= 0.6 is 0 Å². The van der Waals surface area contributed by atoms with Crippen LogP contribution in [0.15, 0.2) is 6.20 Å². The van der Waals surface area contributed by atoms with Crippen LogP contribution in [-0.2, 0) is 6.54 Å². The molecule has 1 aliphatic carbocycles. The monoisotopic (exact) mass is 321 g/mol. The van der Waals surface area contributed by atoms with Crippen LogP contribution in [0, 0.1) is 11.3 Å². The molecule has 5 nitrogen and oxygen atoms in total. The molecule has 0 bridgehead atoms. The molecular formula is C18H31N3O2. The summed E-state index contributed by atoms with van der Waals surface area (Å²) in [6, 6.07) is 0. The first-order chi connectivity index (χ1) is 10.7. The van der Waals surface area contributed by atoms with Crippen molar-refractivity contribution in [1.82, 2.24) is 15.1 Å². The van der Waals surface area contributed by atoms with E-state index >= 15 is 0 Å². The van der Waals surface area contributed by atoms with E-state index in [4.69, 9.17) is 0 Å². The zero-order valence-electron chi connectivity index (χ0n) is 15.1. The SMILES string of the molecule is CC(C)Cn1ncc(C(=O)NCC(C)(C)CC(C)O)c1C1CC1. The Morgan fingerprint density at radius 2 is 2.09 bits per heavy atom. The fourth-order valence-electron chi connectivity index (χ4n) is 3.14. The Morgan fingerprint density at radius 3 is 2.61 bits per heavy atom. The van der Waals surface area contributed by atoms with Crippen LogP contribution in [0.1, 0.15) is 75.9 Å². The van der Waals surface area contributed by atoms with Crippen molar-refractivity contribution in [2.24, 2.45) is 11.3 Å². The molecule has 5 heteroatoms. The molecule has 1 amide bonds. The molecule has 1 saturated carbocycles. The van der Waals surface area contributed by atoms with Crippen LogP contribution in [0.3, 0.4) is 0 Å². The summed E-state index contributed by atoms with van der Waals surface area (Å²) < 4.78 is 2.01. The van der Waals surface area contributed by atoms with Gasteiger partial charge in [0.05, 0.1) is 23.6 Å². The lowest BCUT2D eigenvalue weighted by atomic mass is 9.87. The van der Waals surface area contributed by atoms with Crippen molar-refractivity contribution < 1.29 is 9.90 Å². The third kappa shape index (κ3) is 5.06. The topological polar surface area (TPSA) is 67.2 Å². The van der Waals surface area contributed by atoms with E-state index in [2.05, 4.69) is 38.1 Å². The van der Waals surface area contributed by atoms with E-state index in [-0.39, 0.29) is 17.4 Å². The first-order valence-electron chi connectivity index (χ1n) is 8.71. The molecule has 0 aromatic carbocycles. The second-order valence-corrected chi connectivity index (χ2v) is 8.19. The number of hydrogen-bond donors (Lipinski definition) is 2. The second-order valence-electron chi connectivity index (χ2n) is 8.19. The van der Waals surface area contributed by atoms with E-state index in [0.29, 0.717) is 24.8 Å². The largest absolute Gasteiger partial charge is 0.393 e. The summed E-state index contributed by atoms with van der Waals surface area (Å²) in [5.74, 6) is 0.955. The lowest BCUT2D eigenvalue weighted by Crippen LogP contribution is -2.36. The Balaban J connectivity index is 2.06. The first kappa shape index (κ1) is 18.0. The van der Waals surface area contributed by atoms with Gasteiger partial charge in [0, 0.05) is 19.0 Å². The number of carbonyl (C=O) groups is 1. The highest BCUT2D eigenvalue weighted by Gasteiger charge is 2.33. The highest BCUT2D eigenvalue weighted by molar-refractivity contribution is 5.95. The van der Waals surface area contributed by atoms with Gasteiger partial charge in [0.15, 0.2) is 0 Å². The highest BCUT2D eigenvalue weighted by atomic mass is 16.3. The Hall–Kier alpha value is -1.36. The molecule has 0 saturated heterocycles. The molecule has 1 heterocycles. The summed E-state index contributed by atoms with van der Waals surface area (Å²) in [6.07, 6.45) is 4.31. The van der Waals surface area contributed by atoms with Gasteiger partial charge in [-0.15, -0.1) is 0 Å². The van der Waals surface area contributed by atoms with E-state index in [0.717, 1.165) is 30.6 Å². The highest BCUT2D eigenvalue weighted by Crippen LogP contribution is 2.41. The minimum Gasteiger partial charge on any atom is -0.393 e. The van der Waals surface area contributed by atoms with E-state index in [1.165, 1.54) is 0 Å². The Labute approximate surface area is 139 Å². The molecule has 1 unspecified atom stereocenters. The van der Waals surface area contributed by atoms with Crippen molar-refractivity contribution >= 4 is 5.91 Å². The fourth-order valence-corrected chi connectivity index (χ4v) is 3.14. The standard InChI is InChI=1S/C18H31N3O2/c1-12(2)10-21-16(14-6-7-14)15(9-20-21)17(23)19-11-18(4,5)8-13(3)22/h9,12-14,22H,6-8,10-11H2,1-5H3,(H,19,23). The van der Waals surface area contributed by atoms with Crippen LogP contribution in [-0.4, -0.2) is 33.4 Å². The molecule has 2 N–H and O–H groups in total. The Morgan fingerprint density at radius 1 is 1.43 bits per heavy atom. The van der Waals surface area contributed by atoms with Gasteiger partial charge < -0.3 is 10.4 Å². The average molecular weight is 321 g/mol. The fraction of sp³-hybridized carbons (Fsp3) is 0.778. The number of carbonyl (C=O) groups excluding carboxylic acids is 1. The van der Waals surface area contributed by atoms with E-state index in [1.54, 1.807) is 13.1 Å². The van der Waals surface area contributed by atoms with Gasteiger partial charge in [-0.25, -0.2) is 0 Å². The summed E-state index contributed by atoms with van der Waals surface area (Å²) in [5.41, 5.74) is 1.70. The third-order valence-electron chi connectivity index (χ3n) is 4.20. The van der Waals surface area contributed by atoms with Gasteiger partial charge in [-0.3, -0.25) is 9.48 Å². The summed E-state index contributed by atoms with van der Waals surface area (Å²) in [4.78, 5) is 12.6. The molecule has 1 atom stereocenters. The van der Waals surface area contributed by atoms with E-state index in [1.807, 2.05) is 4.68 Å². The minimum absolute atomic E-state index is 0.0411. The maximum Gasteiger partial charge on any atom is 0.254 e. The van der Waals surface area contributed by atoms with Crippen LogP contribution in [0.4, 0.5) is 0 Å². The molecule has 2 rings (SSSR count). The number of aliphatic hydroxyl groups excluding tert-OH is 1.